The number of aryl methyl sites for hydroxylation is 1. The summed E-state index contributed by atoms with van der Waals surface area (Å²) in [7, 11) is 4.91. The minimum Gasteiger partial charge on any atom is -0.487 e. The number of para-hydroxylation sites is 1. The lowest BCUT2D eigenvalue weighted by molar-refractivity contribution is -0.122. The third-order valence-corrected chi connectivity index (χ3v) is 8.03. The lowest BCUT2D eigenvalue weighted by Crippen LogP contribution is -2.37. The van der Waals surface area contributed by atoms with E-state index in [-0.39, 0.29) is 24.1 Å². The van der Waals surface area contributed by atoms with E-state index >= 15 is 0 Å². The Hall–Kier alpha value is -5.26. The summed E-state index contributed by atoms with van der Waals surface area (Å²) in [6, 6.07) is 17.6. The van der Waals surface area contributed by atoms with Gasteiger partial charge in [-0.25, -0.2) is 14.6 Å². The molecule has 0 atom stereocenters. The number of fused-ring (bicyclic) bond motifs is 1. The largest absolute Gasteiger partial charge is 0.487 e. The number of benzene rings is 3. The van der Waals surface area contributed by atoms with E-state index in [2.05, 4.69) is 15.4 Å². The Morgan fingerprint density at radius 3 is 2.49 bits per heavy atom. The van der Waals surface area contributed by atoms with Gasteiger partial charge in [0.05, 0.1) is 22.9 Å². The first-order valence-electron chi connectivity index (χ1n) is 14.4. The van der Waals surface area contributed by atoms with E-state index in [0.717, 1.165) is 22.3 Å². The predicted molar refractivity (Wildman–Crippen MR) is 182 cm³/mol. The highest BCUT2D eigenvalue weighted by Crippen LogP contribution is 2.36. The Morgan fingerprint density at radius 1 is 1.02 bits per heavy atom. The number of anilines is 1. The molecule has 2 aromatic heterocycles. The number of amides is 3. The summed E-state index contributed by atoms with van der Waals surface area (Å²) in [5.41, 5.74) is 4.37. The van der Waals surface area contributed by atoms with Crippen molar-refractivity contribution in [2.75, 3.05) is 32.6 Å². The van der Waals surface area contributed by atoms with Crippen LogP contribution in [-0.4, -0.2) is 70.1 Å². The van der Waals surface area contributed by atoms with Crippen molar-refractivity contribution in [3.05, 3.63) is 112 Å². The van der Waals surface area contributed by atoms with Gasteiger partial charge >= 0.3 is 0 Å². The average Bonchev–Trinajstić information content (AvgIpc) is 3.60. The van der Waals surface area contributed by atoms with E-state index in [9.17, 15) is 14.4 Å². The van der Waals surface area contributed by atoms with Crippen LogP contribution >= 0.6 is 23.2 Å². The Labute approximate surface area is 281 Å². The maximum atomic E-state index is 13.0. The van der Waals surface area contributed by atoms with Crippen molar-refractivity contribution in [3.63, 3.8) is 0 Å². The smallest absolute Gasteiger partial charge is 0.253 e. The number of likely N-dealkylation sites (N-methyl/N-ethyl adjacent to an activating group) is 1. The van der Waals surface area contributed by atoms with Gasteiger partial charge in [0.15, 0.2) is 0 Å². The van der Waals surface area contributed by atoms with Gasteiger partial charge in [0.2, 0.25) is 11.8 Å². The number of rotatable bonds is 10. The monoisotopic (exact) mass is 671 g/mol. The predicted octanol–water partition coefficient (Wildman–Crippen LogP) is 5.50. The molecule has 0 aliphatic rings. The number of carbonyl (C=O) groups excluding carboxylic acids is 3. The van der Waals surface area contributed by atoms with Crippen LogP contribution in [0, 0.1) is 6.92 Å². The number of carbonyl (C=O) groups is 3. The van der Waals surface area contributed by atoms with Crippen molar-refractivity contribution in [1.82, 2.24) is 30.0 Å². The molecule has 0 saturated heterocycles. The van der Waals surface area contributed by atoms with E-state index in [1.807, 2.05) is 25.1 Å². The highest BCUT2D eigenvalue weighted by Gasteiger charge is 2.20. The minimum absolute atomic E-state index is 0.00669. The van der Waals surface area contributed by atoms with E-state index in [0.29, 0.717) is 33.1 Å². The van der Waals surface area contributed by atoms with Gasteiger partial charge in [-0.3, -0.25) is 14.4 Å². The zero-order valence-electron chi connectivity index (χ0n) is 26.1. The Balaban J connectivity index is 1.24. The molecule has 0 fully saturated rings. The summed E-state index contributed by atoms with van der Waals surface area (Å²) in [4.78, 5) is 49.1. The molecule has 0 aliphatic carbocycles. The molecular formula is C34H31Cl2N7O4. The molecule has 0 aliphatic heterocycles. The molecule has 0 bridgehead atoms. The van der Waals surface area contributed by atoms with E-state index in [1.165, 1.54) is 22.2 Å². The van der Waals surface area contributed by atoms with Crippen LogP contribution in [-0.2, 0) is 16.2 Å². The third-order valence-electron chi connectivity index (χ3n) is 7.25. The van der Waals surface area contributed by atoms with Crippen LogP contribution in [0.3, 0.4) is 0 Å². The van der Waals surface area contributed by atoms with Crippen LogP contribution in [0.5, 0.6) is 5.75 Å². The van der Waals surface area contributed by atoms with Crippen LogP contribution in [0.2, 0.25) is 10.0 Å². The summed E-state index contributed by atoms with van der Waals surface area (Å²) in [6.07, 6.45) is 5.99. The van der Waals surface area contributed by atoms with Crippen molar-refractivity contribution in [1.29, 1.82) is 0 Å². The molecule has 0 radical (unpaired) electrons. The molecule has 3 aromatic carbocycles. The molecule has 13 heteroatoms. The van der Waals surface area contributed by atoms with Crippen LogP contribution < -0.4 is 15.0 Å². The number of nitrogens with zero attached hydrogens (tertiary/aromatic N) is 6. The van der Waals surface area contributed by atoms with E-state index in [1.54, 1.807) is 80.7 Å². The summed E-state index contributed by atoms with van der Waals surface area (Å²) in [5, 5.41) is 8.27. The van der Waals surface area contributed by atoms with Gasteiger partial charge in [-0.05, 0) is 55.0 Å². The number of pyridine rings is 1. The highest BCUT2D eigenvalue weighted by atomic mass is 35.5. The van der Waals surface area contributed by atoms with Crippen LogP contribution in [0.25, 0.3) is 22.7 Å². The quantitative estimate of drug-likeness (QED) is 0.194. The average molecular weight is 673 g/mol. The standard InChI is InChI=1S/C34H31Cl2N7O4/c1-21-16-28(43-20-37-19-39-43)24-6-5-7-29(33(24)40-21)47-18-25-26(35)13-14-27(32(25)36)42(4)31(45)17-38-30(44)15-10-22-8-11-23(12-9-22)34(46)41(2)3/h5-16,19-20H,17-18H2,1-4H3,(H,38,44)/b15-10+. The molecule has 47 heavy (non-hydrogen) atoms. The van der Waals surface area contributed by atoms with Gasteiger partial charge in [0, 0.05) is 54.4 Å². The van der Waals surface area contributed by atoms with Crippen LogP contribution in [0.4, 0.5) is 5.69 Å². The molecule has 0 unspecified atom stereocenters. The van der Waals surface area contributed by atoms with Gasteiger partial charge in [-0.2, -0.15) is 5.10 Å². The van der Waals surface area contributed by atoms with Crippen molar-refractivity contribution < 1.29 is 19.1 Å². The highest BCUT2D eigenvalue weighted by molar-refractivity contribution is 6.38. The Morgan fingerprint density at radius 2 is 1.79 bits per heavy atom. The van der Waals surface area contributed by atoms with Crippen LogP contribution in [0.1, 0.15) is 27.2 Å². The first-order chi connectivity index (χ1) is 22.5. The zero-order valence-corrected chi connectivity index (χ0v) is 27.6. The maximum absolute atomic E-state index is 13.0. The topological polar surface area (TPSA) is 123 Å². The molecule has 240 valence electrons. The number of nitrogens with one attached hydrogen (secondary N) is 1. The fourth-order valence-corrected chi connectivity index (χ4v) is 5.34. The van der Waals surface area contributed by atoms with Gasteiger partial charge < -0.3 is 19.9 Å². The zero-order chi connectivity index (χ0) is 33.7. The molecule has 1 N–H and O–H groups in total. The normalized spacial score (nSPS) is 11.1. The molecule has 0 spiro atoms. The van der Waals surface area contributed by atoms with Gasteiger partial charge in [-0.1, -0.05) is 47.5 Å². The second kappa shape index (κ2) is 14.4. The van der Waals surface area contributed by atoms with E-state index in [4.69, 9.17) is 32.9 Å². The molecule has 5 aromatic rings. The number of halogens is 2. The fraction of sp³-hybridized carbons (Fsp3) is 0.176. The van der Waals surface area contributed by atoms with Gasteiger partial charge in [-0.15, -0.1) is 0 Å². The second-order valence-corrected chi connectivity index (χ2v) is 11.5. The molecule has 11 nitrogen and oxygen atoms in total. The molecule has 5 rings (SSSR count). The SMILES string of the molecule is Cc1cc(-n2cncn2)c2cccc(OCc3c(Cl)ccc(N(C)C(=O)CNC(=O)/C=C/c4ccc(C(=O)N(C)C)cc4)c3Cl)c2n1. The number of ether oxygens (including phenoxy) is 1. The summed E-state index contributed by atoms with van der Waals surface area (Å²) >= 11 is 13.3. The number of hydrogen-bond donors (Lipinski definition) is 1. The Kier molecular flexibility index (Phi) is 10.2. The Bertz CT molecular complexity index is 1980. The number of aromatic nitrogens is 4. The number of hydrogen-bond acceptors (Lipinski definition) is 7. The van der Waals surface area contributed by atoms with Crippen molar-refractivity contribution in [3.8, 4) is 11.4 Å². The molecule has 0 saturated carbocycles. The molecular weight excluding hydrogens is 641 g/mol. The van der Waals surface area contributed by atoms with Gasteiger partial charge in [0.25, 0.3) is 5.91 Å². The third kappa shape index (κ3) is 7.59. The summed E-state index contributed by atoms with van der Waals surface area (Å²) in [6.45, 7) is 1.62. The van der Waals surface area contributed by atoms with Crippen molar-refractivity contribution in [2.24, 2.45) is 0 Å². The minimum atomic E-state index is -0.456. The lowest BCUT2D eigenvalue weighted by Gasteiger charge is -2.21. The molecule has 2 heterocycles. The molecule has 3 amide bonds. The van der Waals surface area contributed by atoms with Crippen molar-refractivity contribution in [2.45, 2.75) is 13.5 Å². The first kappa shape index (κ1) is 33.1. The summed E-state index contributed by atoms with van der Waals surface area (Å²) < 4.78 is 7.86. The van der Waals surface area contributed by atoms with Crippen molar-refractivity contribution >= 4 is 63.6 Å². The van der Waals surface area contributed by atoms with E-state index < -0.39 is 11.8 Å². The maximum Gasteiger partial charge on any atom is 0.253 e. The van der Waals surface area contributed by atoms with Gasteiger partial charge in [0.1, 0.15) is 30.5 Å². The fourth-order valence-electron chi connectivity index (χ4n) is 4.74. The first-order valence-corrected chi connectivity index (χ1v) is 15.2. The lowest BCUT2D eigenvalue weighted by atomic mass is 10.1. The van der Waals surface area contributed by atoms with Crippen LogP contribution in [0.15, 0.2) is 79.4 Å². The second-order valence-electron chi connectivity index (χ2n) is 10.7. The summed E-state index contributed by atoms with van der Waals surface area (Å²) in [5.74, 6) is -0.452.